The topological polar surface area (TPSA) is 52.6 Å². The number of hydrogen-bond acceptors (Lipinski definition) is 3. The maximum Gasteiger partial charge on any atom is 0.320 e. The monoisotopic (exact) mass is 270 g/mol. The predicted molar refractivity (Wildman–Crippen MR) is 78.3 cm³/mol. The fourth-order valence-corrected chi connectivity index (χ4v) is 2.93. The van der Waals surface area contributed by atoms with Crippen molar-refractivity contribution in [2.45, 2.75) is 59.0 Å². The number of rotatable bonds is 7. The van der Waals surface area contributed by atoms with Gasteiger partial charge in [0, 0.05) is 6.04 Å². The van der Waals surface area contributed by atoms with E-state index in [-0.39, 0.29) is 0 Å². The van der Waals surface area contributed by atoms with Crippen LogP contribution in [0.4, 0.5) is 0 Å². The Hall–Kier alpha value is -0.610. The van der Waals surface area contributed by atoms with Crippen LogP contribution < -0.4 is 5.32 Å². The summed E-state index contributed by atoms with van der Waals surface area (Å²) in [5, 5.41) is 12.6. The van der Waals surface area contributed by atoms with Gasteiger partial charge in [-0.3, -0.25) is 4.79 Å². The molecule has 112 valence electrons. The van der Waals surface area contributed by atoms with E-state index >= 15 is 0 Å². The zero-order valence-corrected chi connectivity index (χ0v) is 12.9. The second-order valence-corrected chi connectivity index (χ2v) is 6.25. The molecule has 2 unspecified atom stereocenters. The Kier molecular flexibility index (Phi) is 6.80. The van der Waals surface area contributed by atoms with E-state index in [1.165, 1.54) is 12.8 Å². The third-order valence-electron chi connectivity index (χ3n) is 4.26. The molecule has 1 fully saturated rings. The highest BCUT2D eigenvalue weighted by Crippen LogP contribution is 2.21. The van der Waals surface area contributed by atoms with Crippen LogP contribution in [0.5, 0.6) is 0 Å². The molecule has 0 aromatic rings. The average Bonchev–Trinajstić information content (AvgIpc) is 2.37. The highest BCUT2D eigenvalue weighted by molar-refractivity contribution is 5.73. The largest absolute Gasteiger partial charge is 0.480 e. The van der Waals surface area contributed by atoms with E-state index in [1.54, 1.807) is 0 Å². The number of likely N-dealkylation sites (tertiary alicyclic amines) is 1. The molecule has 0 saturated carbocycles. The first kappa shape index (κ1) is 16.4. The van der Waals surface area contributed by atoms with Crippen molar-refractivity contribution >= 4 is 5.97 Å². The van der Waals surface area contributed by atoms with Gasteiger partial charge < -0.3 is 15.3 Å². The van der Waals surface area contributed by atoms with Gasteiger partial charge in [-0.25, -0.2) is 0 Å². The van der Waals surface area contributed by atoms with Crippen molar-refractivity contribution in [3.8, 4) is 0 Å². The van der Waals surface area contributed by atoms with E-state index < -0.39 is 12.0 Å². The quantitative estimate of drug-likeness (QED) is 0.744. The molecule has 2 N–H and O–H groups in total. The molecular formula is C15H30N2O2. The van der Waals surface area contributed by atoms with Gasteiger partial charge in [0.05, 0.1) is 0 Å². The minimum atomic E-state index is -0.716. The SMILES string of the molecule is CCN1CCC(C(C)NC(CC(C)C)C(=O)O)CC1. The average molecular weight is 270 g/mol. The molecule has 1 aliphatic heterocycles. The Morgan fingerprint density at radius 2 is 1.89 bits per heavy atom. The van der Waals surface area contributed by atoms with Crippen LogP contribution in [0, 0.1) is 11.8 Å². The van der Waals surface area contributed by atoms with Gasteiger partial charge >= 0.3 is 5.97 Å². The Bertz CT molecular complexity index is 273. The number of hydrogen-bond donors (Lipinski definition) is 2. The van der Waals surface area contributed by atoms with Crippen molar-refractivity contribution in [2.24, 2.45) is 11.8 Å². The summed E-state index contributed by atoms with van der Waals surface area (Å²) in [6.45, 7) is 11.9. The smallest absolute Gasteiger partial charge is 0.320 e. The van der Waals surface area contributed by atoms with Crippen LogP contribution in [-0.2, 0) is 4.79 Å². The third-order valence-corrected chi connectivity index (χ3v) is 4.26. The predicted octanol–water partition coefficient (Wildman–Crippen LogP) is 2.20. The van der Waals surface area contributed by atoms with E-state index in [2.05, 4.69) is 37.9 Å². The van der Waals surface area contributed by atoms with E-state index in [0.29, 0.717) is 24.3 Å². The van der Waals surface area contributed by atoms with Crippen molar-refractivity contribution in [2.75, 3.05) is 19.6 Å². The van der Waals surface area contributed by atoms with Gasteiger partial charge in [-0.1, -0.05) is 20.8 Å². The summed E-state index contributed by atoms with van der Waals surface area (Å²) in [5.74, 6) is 0.297. The zero-order valence-electron chi connectivity index (χ0n) is 12.9. The summed E-state index contributed by atoms with van der Waals surface area (Å²) in [6, 6.07) is -0.113. The third kappa shape index (κ3) is 5.49. The van der Waals surface area contributed by atoms with Crippen molar-refractivity contribution < 1.29 is 9.90 Å². The summed E-state index contributed by atoms with van der Waals surface area (Å²) in [4.78, 5) is 13.7. The molecule has 0 amide bonds. The van der Waals surface area contributed by atoms with Crippen LogP contribution in [-0.4, -0.2) is 47.7 Å². The molecule has 1 heterocycles. The highest BCUT2D eigenvalue weighted by Gasteiger charge is 2.27. The van der Waals surface area contributed by atoms with Crippen LogP contribution in [0.25, 0.3) is 0 Å². The molecule has 2 atom stereocenters. The minimum absolute atomic E-state index is 0.291. The fraction of sp³-hybridized carbons (Fsp3) is 0.933. The van der Waals surface area contributed by atoms with Crippen molar-refractivity contribution in [1.82, 2.24) is 10.2 Å². The number of carboxylic acid groups (broad SMARTS) is 1. The summed E-state index contributed by atoms with van der Waals surface area (Å²) >= 11 is 0. The van der Waals surface area contributed by atoms with Crippen molar-refractivity contribution in [3.05, 3.63) is 0 Å². The Balaban J connectivity index is 2.44. The number of nitrogens with one attached hydrogen (secondary N) is 1. The lowest BCUT2D eigenvalue weighted by molar-refractivity contribution is -0.140. The van der Waals surface area contributed by atoms with E-state index in [9.17, 15) is 9.90 Å². The fourth-order valence-electron chi connectivity index (χ4n) is 2.93. The zero-order chi connectivity index (χ0) is 14.4. The van der Waals surface area contributed by atoms with Gasteiger partial charge in [0.1, 0.15) is 6.04 Å². The number of piperidine rings is 1. The Morgan fingerprint density at radius 3 is 2.32 bits per heavy atom. The molecule has 0 aliphatic carbocycles. The van der Waals surface area contributed by atoms with E-state index in [4.69, 9.17) is 0 Å². The van der Waals surface area contributed by atoms with Crippen molar-refractivity contribution in [3.63, 3.8) is 0 Å². The maximum absolute atomic E-state index is 11.3. The van der Waals surface area contributed by atoms with Gasteiger partial charge in [0.15, 0.2) is 0 Å². The Labute approximate surface area is 117 Å². The lowest BCUT2D eigenvalue weighted by Gasteiger charge is -2.35. The molecule has 1 rings (SSSR count). The molecule has 0 aromatic carbocycles. The van der Waals surface area contributed by atoms with Gasteiger partial charge in [-0.2, -0.15) is 0 Å². The first-order valence-electron chi connectivity index (χ1n) is 7.65. The van der Waals surface area contributed by atoms with Crippen LogP contribution in [0.2, 0.25) is 0 Å². The molecule has 4 nitrogen and oxygen atoms in total. The van der Waals surface area contributed by atoms with Gasteiger partial charge in [0.25, 0.3) is 0 Å². The molecule has 1 aliphatic rings. The number of aliphatic carboxylic acids is 1. The molecule has 19 heavy (non-hydrogen) atoms. The van der Waals surface area contributed by atoms with Crippen LogP contribution in [0.3, 0.4) is 0 Å². The lowest BCUT2D eigenvalue weighted by atomic mass is 9.89. The normalized spacial score (nSPS) is 21.5. The van der Waals surface area contributed by atoms with Gasteiger partial charge in [-0.15, -0.1) is 0 Å². The Morgan fingerprint density at radius 1 is 1.32 bits per heavy atom. The standard InChI is InChI=1S/C15H30N2O2/c1-5-17-8-6-13(7-9-17)12(4)16-14(15(18)19)10-11(2)3/h11-14,16H,5-10H2,1-4H3,(H,18,19). The van der Waals surface area contributed by atoms with Gasteiger partial charge in [-0.05, 0) is 57.7 Å². The number of carbonyl (C=O) groups is 1. The van der Waals surface area contributed by atoms with Crippen LogP contribution in [0.1, 0.15) is 47.0 Å². The summed E-state index contributed by atoms with van der Waals surface area (Å²) < 4.78 is 0. The summed E-state index contributed by atoms with van der Waals surface area (Å²) in [6.07, 6.45) is 3.06. The van der Waals surface area contributed by atoms with Crippen molar-refractivity contribution in [1.29, 1.82) is 0 Å². The molecule has 0 radical (unpaired) electrons. The molecule has 4 heteroatoms. The number of nitrogens with zero attached hydrogens (tertiary/aromatic N) is 1. The summed E-state index contributed by atoms with van der Waals surface area (Å²) in [7, 11) is 0. The van der Waals surface area contributed by atoms with Gasteiger partial charge in [0.2, 0.25) is 0 Å². The minimum Gasteiger partial charge on any atom is -0.480 e. The number of carboxylic acids is 1. The molecular weight excluding hydrogens is 240 g/mol. The first-order valence-corrected chi connectivity index (χ1v) is 7.65. The van der Waals surface area contributed by atoms with Crippen LogP contribution >= 0.6 is 0 Å². The molecule has 0 aromatic heterocycles. The first-order chi connectivity index (χ1) is 8.93. The van der Waals surface area contributed by atoms with E-state index in [0.717, 1.165) is 19.6 Å². The molecule has 0 bridgehead atoms. The molecule has 1 saturated heterocycles. The highest BCUT2D eigenvalue weighted by atomic mass is 16.4. The lowest BCUT2D eigenvalue weighted by Crippen LogP contribution is -2.48. The summed E-state index contributed by atoms with van der Waals surface area (Å²) in [5.41, 5.74) is 0. The second kappa shape index (κ2) is 7.85. The van der Waals surface area contributed by atoms with Crippen LogP contribution in [0.15, 0.2) is 0 Å². The second-order valence-electron chi connectivity index (χ2n) is 6.25. The molecule has 0 spiro atoms. The maximum atomic E-state index is 11.3. The van der Waals surface area contributed by atoms with E-state index in [1.807, 2.05) is 0 Å².